The summed E-state index contributed by atoms with van der Waals surface area (Å²) in [6.45, 7) is 4.09. The van der Waals surface area contributed by atoms with Gasteiger partial charge in [-0.25, -0.2) is 18.1 Å². The van der Waals surface area contributed by atoms with Crippen LogP contribution in [0.15, 0.2) is 36.7 Å². The Bertz CT molecular complexity index is 1230. The van der Waals surface area contributed by atoms with E-state index >= 15 is 0 Å². The SMILES string of the molecule is CC(C)(O)[C@H]1CC[C@H](Nc2nccc(-n3ncc4c(OCCCS(C)(=O)=O)cccc43)n2)CC1. The van der Waals surface area contributed by atoms with Gasteiger partial charge in [0.25, 0.3) is 0 Å². The molecule has 1 aliphatic rings. The zero-order valence-corrected chi connectivity index (χ0v) is 20.8. The van der Waals surface area contributed by atoms with Crippen molar-refractivity contribution in [2.24, 2.45) is 5.92 Å². The molecule has 1 fully saturated rings. The normalized spacial score (nSPS) is 19.3. The van der Waals surface area contributed by atoms with E-state index in [1.54, 1.807) is 17.1 Å². The minimum absolute atomic E-state index is 0.0956. The van der Waals surface area contributed by atoms with Crippen molar-refractivity contribution in [1.29, 1.82) is 0 Å². The topological polar surface area (TPSA) is 119 Å². The molecule has 0 atom stereocenters. The molecule has 2 aromatic heterocycles. The molecule has 10 heteroatoms. The van der Waals surface area contributed by atoms with Gasteiger partial charge in [0.2, 0.25) is 5.95 Å². The molecule has 0 unspecified atom stereocenters. The molecular weight excluding hydrogens is 454 g/mol. The molecule has 4 rings (SSSR count). The van der Waals surface area contributed by atoms with Gasteiger partial charge in [-0.3, -0.25) is 0 Å². The predicted molar refractivity (Wildman–Crippen MR) is 132 cm³/mol. The van der Waals surface area contributed by atoms with Crippen molar-refractivity contribution in [2.75, 3.05) is 23.9 Å². The van der Waals surface area contributed by atoms with E-state index in [2.05, 4.69) is 20.4 Å². The highest BCUT2D eigenvalue weighted by atomic mass is 32.2. The fraction of sp³-hybridized carbons (Fsp3) is 0.542. The average Bonchev–Trinajstić information content (AvgIpc) is 3.21. The highest BCUT2D eigenvalue weighted by Crippen LogP contribution is 2.33. The molecule has 9 nitrogen and oxygen atoms in total. The Kier molecular flexibility index (Phi) is 7.09. The van der Waals surface area contributed by atoms with E-state index < -0.39 is 15.4 Å². The van der Waals surface area contributed by atoms with Gasteiger partial charge in [-0.1, -0.05) is 6.07 Å². The molecule has 2 N–H and O–H groups in total. The molecule has 2 heterocycles. The van der Waals surface area contributed by atoms with Crippen LogP contribution in [0.3, 0.4) is 0 Å². The van der Waals surface area contributed by atoms with Crippen molar-refractivity contribution in [2.45, 2.75) is 57.6 Å². The smallest absolute Gasteiger partial charge is 0.224 e. The van der Waals surface area contributed by atoms with Gasteiger partial charge in [0, 0.05) is 24.6 Å². The molecule has 0 amide bonds. The number of nitrogens with zero attached hydrogens (tertiary/aromatic N) is 4. The summed E-state index contributed by atoms with van der Waals surface area (Å²) in [7, 11) is -3.01. The summed E-state index contributed by atoms with van der Waals surface area (Å²) < 4.78 is 30.2. The lowest BCUT2D eigenvalue weighted by Crippen LogP contribution is -2.37. The second-order valence-corrected chi connectivity index (χ2v) is 11.9. The first kappa shape index (κ1) is 24.4. The summed E-state index contributed by atoms with van der Waals surface area (Å²) in [6, 6.07) is 7.76. The summed E-state index contributed by atoms with van der Waals surface area (Å²) in [5.74, 6) is 2.27. The second kappa shape index (κ2) is 9.87. The second-order valence-electron chi connectivity index (χ2n) is 9.66. The van der Waals surface area contributed by atoms with Crippen LogP contribution in [-0.4, -0.2) is 63.5 Å². The van der Waals surface area contributed by atoms with Gasteiger partial charge in [0.05, 0.1) is 35.1 Å². The van der Waals surface area contributed by atoms with E-state index in [4.69, 9.17) is 4.74 Å². The first-order valence-corrected chi connectivity index (χ1v) is 13.8. The summed E-state index contributed by atoms with van der Waals surface area (Å²) in [6.07, 6.45) is 8.97. The molecule has 0 radical (unpaired) electrons. The minimum Gasteiger partial charge on any atom is -0.493 e. The first-order valence-electron chi connectivity index (χ1n) is 11.7. The number of rotatable bonds is 9. The van der Waals surface area contributed by atoms with Crippen LogP contribution in [0.2, 0.25) is 0 Å². The fourth-order valence-electron chi connectivity index (χ4n) is 4.50. The Balaban J connectivity index is 1.45. The lowest BCUT2D eigenvalue weighted by Gasteiger charge is -2.36. The molecule has 0 spiro atoms. The van der Waals surface area contributed by atoms with Crippen molar-refractivity contribution >= 4 is 26.7 Å². The van der Waals surface area contributed by atoms with Crippen LogP contribution in [0.4, 0.5) is 5.95 Å². The van der Waals surface area contributed by atoms with Gasteiger partial charge in [0.1, 0.15) is 15.6 Å². The van der Waals surface area contributed by atoms with Crippen LogP contribution in [0.25, 0.3) is 16.7 Å². The highest BCUT2D eigenvalue weighted by Gasteiger charge is 2.31. The van der Waals surface area contributed by atoms with Crippen LogP contribution in [0, 0.1) is 5.92 Å². The molecule has 34 heavy (non-hydrogen) atoms. The lowest BCUT2D eigenvalue weighted by atomic mass is 9.77. The van der Waals surface area contributed by atoms with Gasteiger partial charge in [0.15, 0.2) is 5.82 Å². The van der Waals surface area contributed by atoms with Crippen LogP contribution in [0.1, 0.15) is 46.0 Å². The quantitative estimate of drug-likeness (QED) is 0.441. The first-order chi connectivity index (χ1) is 16.1. The number of aliphatic hydroxyl groups is 1. The van der Waals surface area contributed by atoms with Crippen molar-refractivity contribution in [3.8, 4) is 11.6 Å². The van der Waals surface area contributed by atoms with Crippen molar-refractivity contribution in [3.63, 3.8) is 0 Å². The average molecular weight is 488 g/mol. The number of sulfone groups is 1. The minimum atomic E-state index is -3.01. The molecule has 0 aliphatic heterocycles. The molecule has 184 valence electrons. The van der Waals surface area contributed by atoms with Gasteiger partial charge in [-0.2, -0.15) is 10.1 Å². The highest BCUT2D eigenvalue weighted by molar-refractivity contribution is 7.90. The molecule has 1 saturated carbocycles. The summed E-state index contributed by atoms with van der Waals surface area (Å²) in [5.41, 5.74) is 0.203. The Hall–Kier alpha value is -2.72. The Morgan fingerprint density at radius 1 is 1.21 bits per heavy atom. The number of benzene rings is 1. The third kappa shape index (κ3) is 6.04. The summed E-state index contributed by atoms with van der Waals surface area (Å²) in [5, 5.41) is 19.1. The number of nitrogens with one attached hydrogen (secondary N) is 1. The third-order valence-corrected chi connectivity index (χ3v) is 7.44. The van der Waals surface area contributed by atoms with E-state index in [0.29, 0.717) is 36.5 Å². The monoisotopic (exact) mass is 487 g/mol. The maximum atomic E-state index is 11.3. The number of fused-ring (bicyclic) bond motifs is 1. The summed E-state index contributed by atoms with van der Waals surface area (Å²) in [4.78, 5) is 9.07. The zero-order valence-electron chi connectivity index (χ0n) is 19.9. The maximum Gasteiger partial charge on any atom is 0.224 e. The standard InChI is InChI=1S/C24H33N5O4S/c1-24(2,30)17-8-10-18(11-9-17)27-23-25-13-12-22(28-23)29-20-6-4-7-21(19(20)16-26-29)33-14-5-15-34(3,31)32/h4,6-7,12-13,16-18,30H,5,8-11,14-15H2,1-3H3,(H,25,27,28)/t17-,18-. The van der Waals surface area contributed by atoms with E-state index in [-0.39, 0.29) is 11.8 Å². The van der Waals surface area contributed by atoms with Crippen LogP contribution in [-0.2, 0) is 9.84 Å². The van der Waals surface area contributed by atoms with Gasteiger partial charge in [-0.15, -0.1) is 0 Å². The molecule has 1 aliphatic carbocycles. The lowest BCUT2D eigenvalue weighted by molar-refractivity contribution is -0.000415. The maximum absolute atomic E-state index is 11.3. The molecular formula is C24H33N5O4S. The van der Waals surface area contributed by atoms with E-state index in [0.717, 1.165) is 36.6 Å². The Labute approximate surface area is 200 Å². The third-order valence-electron chi connectivity index (χ3n) is 6.41. The van der Waals surface area contributed by atoms with Crippen LogP contribution in [0.5, 0.6) is 5.75 Å². The zero-order chi connectivity index (χ0) is 24.3. The van der Waals surface area contributed by atoms with E-state index in [1.165, 1.54) is 6.26 Å². The number of hydrogen-bond donors (Lipinski definition) is 2. The van der Waals surface area contributed by atoms with E-state index in [9.17, 15) is 13.5 Å². The molecule has 0 saturated heterocycles. The molecule has 0 bridgehead atoms. The number of hydrogen-bond acceptors (Lipinski definition) is 8. The predicted octanol–water partition coefficient (Wildman–Crippen LogP) is 3.37. The molecule has 3 aromatic rings. The van der Waals surface area contributed by atoms with Gasteiger partial charge >= 0.3 is 0 Å². The Morgan fingerprint density at radius 2 is 1.97 bits per heavy atom. The van der Waals surface area contributed by atoms with Crippen LogP contribution < -0.4 is 10.1 Å². The fourth-order valence-corrected chi connectivity index (χ4v) is 5.14. The van der Waals surface area contributed by atoms with Crippen molar-refractivity contribution < 1.29 is 18.3 Å². The van der Waals surface area contributed by atoms with E-state index in [1.807, 2.05) is 38.1 Å². The largest absolute Gasteiger partial charge is 0.493 e. The summed E-state index contributed by atoms with van der Waals surface area (Å²) >= 11 is 0. The molecule has 1 aromatic carbocycles. The number of ether oxygens (including phenoxy) is 1. The number of aromatic nitrogens is 4. The van der Waals surface area contributed by atoms with Crippen molar-refractivity contribution in [1.82, 2.24) is 19.7 Å². The Morgan fingerprint density at radius 3 is 2.68 bits per heavy atom. The van der Waals surface area contributed by atoms with Crippen molar-refractivity contribution in [3.05, 3.63) is 36.7 Å². The van der Waals surface area contributed by atoms with Gasteiger partial charge < -0.3 is 15.2 Å². The van der Waals surface area contributed by atoms with Crippen LogP contribution >= 0.6 is 0 Å². The number of anilines is 1. The van der Waals surface area contributed by atoms with Gasteiger partial charge in [-0.05, 0) is 64.0 Å².